The zero-order chi connectivity index (χ0) is 17.4. The molecule has 23 heavy (non-hydrogen) atoms. The summed E-state index contributed by atoms with van der Waals surface area (Å²) in [7, 11) is -5.12. The van der Waals surface area contributed by atoms with Crippen molar-refractivity contribution in [1.82, 2.24) is 0 Å². The highest BCUT2D eigenvalue weighted by molar-refractivity contribution is 7.86. The molecule has 0 bridgehead atoms. The number of benzene rings is 2. The van der Waals surface area contributed by atoms with Gasteiger partial charge in [0, 0.05) is 0 Å². The maximum atomic E-state index is 13.8. The molecule has 2 aromatic carbocycles. The molecule has 124 valence electrons. The first kappa shape index (κ1) is 17.3. The Labute approximate surface area is 126 Å². The van der Waals surface area contributed by atoms with Crippen LogP contribution in [-0.2, 0) is 20.4 Å². The second kappa shape index (κ2) is 5.85. The molecule has 0 amide bonds. The van der Waals surface area contributed by atoms with Gasteiger partial charge in [0.15, 0.2) is 17.5 Å². The van der Waals surface area contributed by atoms with Crippen LogP contribution in [0.2, 0.25) is 0 Å². The minimum atomic E-state index is -5.12. The summed E-state index contributed by atoms with van der Waals surface area (Å²) in [6, 6.07) is 2.97. The average molecular weight is 356 g/mol. The molecule has 3 nitrogen and oxygen atoms in total. The third kappa shape index (κ3) is 3.48. The summed E-state index contributed by atoms with van der Waals surface area (Å²) in [5.74, 6) is -7.06. The van der Waals surface area contributed by atoms with Crippen LogP contribution in [0.25, 0.3) is 0 Å². The number of hydrogen-bond acceptors (Lipinski definition) is 3. The van der Waals surface area contributed by atoms with Gasteiger partial charge in [0.1, 0.15) is 5.82 Å². The standard InChI is InChI=1S/C13H6F6O3S/c14-7-1-3-8(4-2-7)23(20,21)22-13(18,19)9-5-6-10(15)12(17)11(9)16/h1-6H. The molecular weight excluding hydrogens is 350 g/mol. The number of halogens is 6. The van der Waals surface area contributed by atoms with Crippen LogP contribution >= 0.6 is 0 Å². The van der Waals surface area contributed by atoms with E-state index >= 15 is 0 Å². The topological polar surface area (TPSA) is 43.4 Å². The zero-order valence-electron chi connectivity index (χ0n) is 10.9. The van der Waals surface area contributed by atoms with Crippen LogP contribution < -0.4 is 0 Å². The second-order valence-electron chi connectivity index (χ2n) is 4.23. The first-order valence-corrected chi connectivity index (χ1v) is 7.18. The largest absolute Gasteiger partial charge is 0.400 e. The highest BCUT2D eigenvalue weighted by Gasteiger charge is 2.43. The van der Waals surface area contributed by atoms with Crippen LogP contribution in [-0.4, -0.2) is 8.42 Å². The van der Waals surface area contributed by atoms with Crippen molar-refractivity contribution in [2.45, 2.75) is 11.0 Å². The summed E-state index contributed by atoms with van der Waals surface area (Å²) >= 11 is 0. The molecule has 0 N–H and O–H groups in total. The summed E-state index contributed by atoms with van der Waals surface area (Å²) in [6.07, 6.45) is -4.81. The lowest BCUT2D eigenvalue weighted by molar-refractivity contribution is -0.183. The highest BCUT2D eigenvalue weighted by Crippen LogP contribution is 2.36. The Balaban J connectivity index is 2.41. The van der Waals surface area contributed by atoms with E-state index in [0.29, 0.717) is 24.3 Å². The lowest BCUT2D eigenvalue weighted by Crippen LogP contribution is -2.25. The molecular formula is C13H6F6O3S. The molecule has 0 aliphatic rings. The summed E-state index contributed by atoms with van der Waals surface area (Å²) in [5, 5.41) is 0. The van der Waals surface area contributed by atoms with Gasteiger partial charge in [0.05, 0.1) is 10.5 Å². The predicted octanol–water partition coefficient (Wildman–Crippen LogP) is 3.70. The molecule has 0 spiro atoms. The molecule has 2 aromatic rings. The van der Waals surface area contributed by atoms with Gasteiger partial charge in [-0.15, -0.1) is 0 Å². The molecule has 0 heterocycles. The van der Waals surface area contributed by atoms with Gasteiger partial charge in [-0.2, -0.15) is 21.4 Å². The first-order valence-electron chi connectivity index (χ1n) is 5.77. The lowest BCUT2D eigenvalue weighted by atomic mass is 10.2. The lowest BCUT2D eigenvalue weighted by Gasteiger charge is -2.17. The van der Waals surface area contributed by atoms with Gasteiger partial charge in [-0.1, -0.05) is 0 Å². The smallest absolute Gasteiger partial charge is 0.207 e. The number of alkyl halides is 2. The van der Waals surface area contributed by atoms with Crippen molar-refractivity contribution in [2.75, 3.05) is 0 Å². The maximum absolute atomic E-state index is 13.8. The van der Waals surface area contributed by atoms with Crippen LogP contribution in [0.15, 0.2) is 41.3 Å². The third-order valence-electron chi connectivity index (χ3n) is 2.67. The van der Waals surface area contributed by atoms with Crippen LogP contribution in [0.4, 0.5) is 26.3 Å². The number of rotatable bonds is 4. The molecule has 0 aliphatic carbocycles. The Morgan fingerprint density at radius 1 is 0.826 bits per heavy atom. The van der Waals surface area contributed by atoms with E-state index < -0.39 is 50.0 Å². The molecule has 2 rings (SSSR count). The fourth-order valence-electron chi connectivity index (χ4n) is 1.58. The summed E-state index contributed by atoms with van der Waals surface area (Å²) < 4.78 is 106. The first-order chi connectivity index (χ1) is 10.5. The Hall–Kier alpha value is -2.07. The predicted molar refractivity (Wildman–Crippen MR) is 64.9 cm³/mol. The van der Waals surface area contributed by atoms with Gasteiger partial charge < -0.3 is 0 Å². The molecule has 10 heteroatoms. The SMILES string of the molecule is O=S(=O)(OC(F)(F)c1ccc(F)c(F)c1F)c1ccc(F)cc1. The Morgan fingerprint density at radius 3 is 1.96 bits per heavy atom. The summed E-state index contributed by atoms with van der Waals surface area (Å²) in [4.78, 5) is -0.832. The van der Waals surface area contributed by atoms with E-state index in [1.54, 1.807) is 0 Å². The Morgan fingerprint density at radius 2 is 1.39 bits per heavy atom. The fourth-order valence-corrected chi connectivity index (χ4v) is 2.51. The molecule has 0 aliphatic heterocycles. The van der Waals surface area contributed by atoms with Crippen molar-refractivity contribution in [3.05, 3.63) is 65.2 Å². The minimum Gasteiger partial charge on any atom is -0.207 e. The van der Waals surface area contributed by atoms with Gasteiger partial charge in [-0.25, -0.2) is 17.6 Å². The van der Waals surface area contributed by atoms with E-state index in [4.69, 9.17) is 0 Å². The molecule has 0 saturated carbocycles. The molecule has 0 atom stereocenters. The van der Waals surface area contributed by atoms with E-state index in [2.05, 4.69) is 4.18 Å². The average Bonchev–Trinajstić information content (AvgIpc) is 2.44. The van der Waals surface area contributed by atoms with Crippen molar-refractivity contribution in [3.63, 3.8) is 0 Å². The molecule has 0 unspecified atom stereocenters. The van der Waals surface area contributed by atoms with Crippen molar-refractivity contribution in [1.29, 1.82) is 0 Å². The highest BCUT2D eigenvalue weighted by atomic mass is 32.2. The molecule has 0 aromatic heterocycles. The third-order valence-corrected chi connectivity index (χ3v) is 3.94. The van der Waals surface area contributed by atoms with Crippen molar-refractivity contribution >= 4 is 10.1 Å². The Bertz CT molecular complexity index is 834. The summed E-state index contributed by atoms with van der Waals surface area (Å²) in [6.45, 7) is 0. The maximum Gasteiger partial charge on any atom is 0.400 e. The normalized spacial score (nSPS) is 12.4. The van der Waals surface area contributed by atoms with Crippen LogP contribution in [0.3, 0.4) is 0 Å². The quantitative estimate of drug-likeness (QED) is 0.477. The zero-order valence-corrected chi connectivity index (χ0v) is 11.7. The van der Waals surface area contributed by atoms with Crippen LogP contribution in [0, 0.1) is 23.3 Å². The molecule has 0 radical (unpaired) electrons. The van der Waals surface area contributed by atoms with Crippen molar-refractivity contribution in [2.24, 2.45) is 0 Å². The Kier molecular flexibility index (Phi) is 4.40. The fraction of sp³-hybridized carbons (Fsp3) is 0.0769. The van der Waals surface area contributed by atoms with E-state index in [1.165, 1.54) is 0 Å². The van der Waals surface area contributed by atoms with Crippen LogP contribution in [0.5, 0.6) is 0 Å². The van der Waals surface area contributed by atoms with E-state index in [9.17, 15) is 34.8 Å². The van der Waals surface area contributed by atoms with Gasteiger partial charge in [-0.05, 0) is 36.4 Å². The van der Waals surface area contributed by atoms with E-state index in [0.717, 1.165) is 0 Å². The second-order valence-corrected chi connectivity index (χ2v) is 5.78. The van der Waals surface area contributed by atoms with Crippen molar-refractivity contribution < 1.29 is 38.9 Å². The number of hydrogen-bond donors (Lipinski definition) is 0. The van der Waals surface area contributed by atoms with Gasteiger partial charge in [-0.3, -0.25) is 0 Å². The van der Waals surface area contributed by atoms with Gasteiger partial charge in [0.25, 0.3) is 0 Å². The monoisotopic (exact) mass is 356 g/mol. The van der Waals surface area contributed by atoms with Gasteiger partial charge in [0.2, 0.25) is 0 Å². The van der Waals surface area contributed by atoms with E-state index in [-0.39, 0.29) is 12.1 Å². The molecule has 0 saturated heterocycles. The minimum absolute atomic E-state index is 0.147. The van der Waals surface area contributed by atoms with Gasteiger partial charge >= 0.3 is 16.2 Å². The van der Waals surface area contributed by atoms with E-state index in [1.807, 2.05) is 0 Å². The van der Waals surface area contributed by atoms with Crippen molar-refractivity contribution in [3.8, 4) is 0 Å². The van der Waals surface area contributed by atoms with Crippen LogP contribution in [0.1, 0.15) is 5.56 Å². The summed E-state index contributed by atoms with van der Waals surface area (Å²) in [5.41, 5.74) is -1.80. The molecule has 0 fully saturated rings.